The fourth-order valence-corrected chi connectivity index (χ4v) is 2.49. The van der Waals surface area contributed by atoms with Crippen LogP contribution in [0.25, 0.3) is 22.1 Å². The minimum atomic E-state index is -0.276. The van der Waals surface area contributed by atoms with Gasteiger partial charge in [-0.2, -0.15) is 0 Å². The summed E-state index contributed by atoms with van der Waals surface area (Å²) in [6, 6.07) is 5.19. The molecule has 1 aromatic carbocycles. The lowest BCUT2D eigenvalue weighted by molar-refractivity contribution is 0.644. The molecule has 1 atom stereocenters. The van der Waals surface area contributed by atoms with E-state index in [1.165, 1.54) is 0 Å². The Labute approximate surface area is 115 Å². The van der Waals surface area contributed by atoms with Gasteiger partial charge in [-0.3, -0.25) is 4.79 Å². The average Bonchev–Trinajstić information content (AvgIpc) is 3.06. The van der Waals surface area contributed by atoms with Crippen LogP contribution in [-0.2, 0) is 0 Å². The normalized spacial score (nSPS) is 18.3. The first-order chi connectivity index (χ1) is 9.72. The summed E-state index contributed by atoms with van der Waals surface area (Å²) in [5.41, 5.74) is 1.73. The Morgan fingerprint density at radius 3 is 3.10 bits per heavy atom. The van der Waals surface area contributed by atoms with Crippen molar-refractivity contribution >= 4 is 35.4 Å². The molecule has 4 rings (SSSR count). The first kappa shape index (κ1) is 11.5. The molecule has 0 saturated heterocycles. The number of benzene rings is 1. The van der Waals surface area contributed by atoms with Crippen LogP contribution in [0, 0.1) is 0 Å². The lowest BCUT2D eigenvalue weighted by Crippen LogP contribution is -2.20. The molecule has 5 nitrogen and oxygen atoms in total. The fraction of sp³-hybridized carbons (Fsp3) is 0.143. The zero-order chi connectivity index (χ0) is 13.7. The van der Waals surface area contributed by atoms with Crippen molar-refractivity contribution in [2.45, 2.75) is 6.04 Å². The largest absolute Gasteiger partial charge is 0.449 e. The molecule has 96 valence electrons. The maximum absolute atomic E-state index is 12.1. The standard InChI is InChI=1S/C14H10BN3O2/c15-7-3-4-10-8(6-7)11-12(20-10)14(19)18-13(17-11)9-2-1-5-16-9/h1-4,6,9,16H,5H2,(H,17,18,19)/t9-/m0/s1. The number of nitrogens with zero attached hydrogens (tertiary/aromatic N) is 1. The third-order valence-electron chi connectivity index (χ3n) is 3.44. The van der Waals surface area contributed by atoms with Gasteiger partial charge in [0.15, 0.2) is 0 Å². The molecule has 20 heavy (non-hydrogen) atoms. The molecule has 0 fully saturated rings. The molecule has 2 aromatic heterocycles. The number of nitrogens with one attached hydrogen (secondary N) is 2. The number of hydrogen-bond acceptors (Lipinski definition) is 4. The van der Waals surface area contributed by atoms with Crippen molar-refractivity contribution in [3.8, 4) is 0 Å². The van der Waals surface area contributed by atoms with Crippen molar-refractivity contribution in [2.24, 2.45) is 0 Å². The summed E-state index contributed by atoms with van der Waals surface area (Å²) < 4.78 is 5.56. The Bertz CT molecular complexity index is 910. The number of rotatable bonds is 1. The van der Waals surface area contributed by atoms with E-state index in [0.29, 0.717) is 22.4 Å². The highest BCUT2D eigenvalue weighted by Crippen LogP contribution is 2.25. The first-order valence-corrected chi connectivity index (χ1v) is 6.34. The number of fused-ring (bicyclic) bond motifs is 3. The van der Waals surface area contributed by atoms with E-state index in [0.717, 1.165) is 11.9 Å². The van der Waals surface area contributed by atoms with E-state index in [1.54, 1.807) is 18.2 Å². The number of H-pyrrole nitrogens is 1. The van der Waals surface area contributed by atoms with E-state index < -0.39 is 0 Å². The lowest BCUT2D eigenvalue weighted by atomic mass is 9.95. The molecule has 0 amide bonds. The molecular formula is C14H10BN3O2. The van der Waals surface area contributed by atoms with Crippen molar-refractivity contribution in [3.05, 3.63) is 46.5 Å². The molecule has 1 aliphatic heterocycles. The predicted molar refractivity (Wildman–Crippen MR) is 77.4 cm³/mol. The smallest absolute Gasteiger partial charge is 0.294 e. The summed E-state index contributed by atoms with van der Waals surface area (Å²) >= 11 is 0. The zero-order valence-corrected chi connectivity index (χ0v) is 10.5. The van der Waals surface area contributed by atoms with E-state index in [-0.39, 0.29) is 17.2 Å². The first-order valence-electron chi connectivity index (χ1n) is 6.34. The van der Waals surface area contributed by atoms with Gasteiger partial charge in [0.2, 0.25) is 5.58 Å². The van der Waals surface area contributed by atoms with Crippen LogP contribution in [0.1, 0.15) is 11.9 Å². The van der Waals surface area contributed by atoms with Gasteiger partial charge in [-0.05, 0) is 6.07 Å². The van der Waals surface area contributed by atoms with Crippen molar-refractivity contribution in [3.63, 3.8) is 0 Å². The van der Waals surface area contributed by atoms with Crippen molar-refractivity contribution < 1.29 is 4.42 Å². The zero-order valence-electron chi connectivity index (χ0n) is 10.5. The van der Waals surface area contributed by atoms with E-state index in [2.05, 4.69) is 15.3 Å². The molecule has 0 unspecified atom stereocenters. The molecule has 3 heterocycles. The fourth-order valence-electron chi connectivity index (χ4n) is 2.49. The molecule has 0 saturated carbocycles. The summed E-state index contributed by atoms with van der Waals surface area (Å²) in [6.45, 7) is 0.769. The quantitative estimate of drug-likeness (QED) is 0.500. The van der Waals surface area contributed by atoms with Crippen LogP contribution in [0.2, 0.25) is 0 Å². The highest BCUT2D eigenvalue weighted by Gasteiger charge is 2.18. The van der Waals surface area contributed by atoms with E-state index in [4.69, 9.17) is 12.3 Å². The molecule has 2 N–H and O–H groups in total. The Morgan fingerprint density at radius 2 is 2.30 bits per heavy atom. The summed E-state index contributed by atoms with van der Waals surface area (Å²) in [6.07, 6.45) is 3.97. The summed E-state index contributed by atoms with van der Waals surface area (Å²) in [7, 11) is 5.79. The number of hydrogen-bond donors (Lipinski definition) is 2. The maximum Gasteiger partial charge on any atom is 0.294 e. The Kier molecular flexibility index (Phi) is 2.34. The Morgan fingerprint density at radius 1 is 1.40 bits per heavy atom. The Balaban J connectivity index is 2.06. The molecule has 0 bridgehead atoms. The van der Waals surface area contributed by atoms with Gasteiger partial charge in [0.25, 0.3) is 5.56 Å². The Hall–Kier alpha value is -2.34. The van der Waals surface area contributed by atoms with Crippen molar-refractivity contribution in [1.82, 2.24) is 15.3 Å². The molecule has 0 spiro atoms. The second-order valence-corrected chi connectivity index (χ2v) is 4.80. The van der Waals surface area contributed by atoms with Gasteiger partial charge in [0.1, 0.15) is 24.8 Å². The average molecular weight is 263 g/mol. The highest BCUT2D eigenvalue weighted by atomic mass is 16.3. The summed E-state index contributed by atoms with van der Waals surface area (Å²) in [4.78, 5) is 19.4. The van der Waals surface area contributed by atoms with Crippen LogP contribution in [0.3, 0.4) is 0 Å². The summed E-state index contributed by atoms with van der Waals surface area (Å²) in [5, 5.41) is 3.98. The molecular weight excluding hydrogens is 253 g/mol. The van der Waals surface area contributed by atoms with Crippen LogP contribution in [0.5, 0.6) is 0 Å². The van der Waals surface area contributed by atoms with Gasteiger partial charge < -0.3 is 14.7 Å². The second-order valence-electron chi connectivity index (χ2n) is 4.80. The summed E-state index contributed by atoms with van der Waals surface area (Å²) in [5.74, 6) is 0.585. The monoisotopic (exact) mass is 263 g/mol. The van der Waals surface area contributed by atoms with Gasteiger partial charge in [-0.25, -0.2) is 4.98 Å². The number of furan rings is 1. The minimum absolute atomic E-state index is 0.0712. The van der Waals surface area contributed by atoms with Gasteiger partial charge in [-0.15, -0.1) is 0 Å². The van der Waals surface area contributed by atoms with E-state index >= 15 is 0 Å². The van der Waals surface area contributed by atoms with E-state index in [1.807, 2.05) is 12.2 Å². The molecule has 6 heteroatoms. The van der Waals surface area contributed by atoms with Crippen molar-refractivity contribution in [1.29, 1.82) is 0 Å². The topological polar surface area (TPSA) is 70.9 Å². The van der Waals surface area contributed by atoms with Gasteiger partial charge in [0, 0.05) is 11.9 Å². The third kappa shape index (κ3) is 1.62. The van der Waals surface area contributed by atoms with Crippen molar-refractivity contribution in [2.75, 3.05) is 6.54 Å². The minimum Gasteiger partial charge on any atom is -0.449 e. The second kappa shape index (κ2) is 4.08. The highest BCUT2D eigenvalue weighted by molar-refractivity contribution is 6.33. The van der Waals surface area contributed by atoms with E-state index in [9.17, 15) is 4.79 Å². The lowest BCUT2D eigenvalue weighted by Gasteiger charge is -2.07. The van der Waals surface area contributed by atoms with Crippen LogP contribution >= 0.6 is 0 Å². The predicted octanol–water partition coefficient (Wildman–Crippen LogP) is 0.664. The SMILES string of the molecule is [B]c1ccc2oc3c(=O)[nH]c([C@@H]4C=CCN4)nc3c2c1. The van der Waals surface area contributed by atoms with Gasteiger partial charge in [0.05, 0.1) is 6.04 Å². The number of aromatic nitrogens is 2. The maximum atomic E-state index is 12.1. The van der Waals surface area contributed by atoms with Crippen LogP contribution in [0.15, 0.2) is 39.6 Å². The molecule has 0 aliphatic carbocycles. The molecule has 1 aliphatic rings. The van der Waals surface area contributed by atoms with Gasteiger partial charge >= 0.3 is 0 Å². The number of aromatic amines is 1. The van der Waals surface area contributed by atoms with Crippen LogP contribution in [-0.4, -0.2) is 24.4 Å². The van der Waals surface area contributed by atoms with Crippen LogP contribution < -0.4 is 16.3 Å². The third-order valence-corrected chi connectivity index (χ3v) is 3.44. The van der Waals surface area contributed by atoms with Crippen LogP contribution in [0.4, 0.5) is 0 Å². The molecule has 3 aromatic rings. The molecule has 2 radical (unpaired) electrons. The van der Waals surface area contributed by atoms with Gasteiger partial charge in [-0.1, -0.05) is 29.7 Å².